The Kier molecular flexibility index (Phi) is 4.73. The lowest BCUT2D eigenvalue weighted by Crippen LogP contribution is -2.13. The number of amides is 1. The largest absolute Gasteiger partial charge is 0.497 e. The van der Waals surface area contributed by atoms with Crippen molar-refractivity contribution < 1.29 is 17.9 Å². The zero-order valence-corrected chi connectivity index (χ0v) is 13.5. The highest BCUT2D eigenvalue weighted by Gasteiger charge is 2.13. The predicted octanol–water partition coefficient (Wildman–Crippen LogP) is 3.00. The van der Waals surface area contributed by atoms with Gasteiger partial charge in [-0.1, -0.05) is 17.7 Å². The van der Waals surface area contributed by atoms with Gasteiger partial charge in [0.25, 0.3) is 5.91 Å². The van der Waals surface area contributed by atoms with Crippen LogP contribution in [0, 0.1) is 0 Å². The van der Waals surface area contributed by atoms with Crippen LogP contribution >= 0.6 is 11.6 Å². The number of carbonyl (C=O) groups is 1. The monoisotopic (exact) mass is 339 g/mol. The number of carbonyl (C=O) groups excluding carboxylic acids is 1. The van der Waals surface area contributed by atoms with Crippen molar-refractivity contribution in [3.05, 3.63) is 53.1 Å². The lowest BCUT2D eigenvalue weighted by atomic mass is 10.2. The van der Waals surface area contributed by atoms with Crippen molar-refractivity contribution in [1.29, 1.82) is 0 Å². The summed E-state index contributed by atoms with van der Waals surface area (Å²) in [6.07, 6.45) is 1.09. The summed E-state index contributed by atoms with van der Waals surface area (Å²) in [5.74, 6) is 0.134. The molecule has 0 saturated heterocycles. The number of benzene rings is 2. The first-order chi connectivity index (χ1) is 10.3. The third-order valence-corrected chi connectivity index (χ3v) is 4.39. The SMILES string of the molecule is COc1cccc(C(=O)Nc2cc(S(C)(=O)=O)ccc2Cl)c1. The van der Waals surface area contributed by atoms with Crippen LogP contribution in [0.1, 0.15) is 10.4 Å². The molecule has 0 heterocycles. The molecular formula is C15H14ClNO4S. The maximum absolute atomic E-state index is 12.2. The van der Waals surface area contributed by atoms with Crippen LogP contribution in [0.3, 0.4) is 0 Å². The second-order valence-electron chi connectivity index (χ2n) is 4.60. The minimum absolute atomic E-state index is 0.0813. The van der Waals surface area contributed by atoms with E-state index in [1.807, 2.05) is 0 Å². The van der Waals surface area contributed by atoms with Gasteiger partial charge in [0.05, 0.1) is 22.7 Å². The summed E-state index contributed by atoms with van der Waals surface area (Å²) in [4.78, 5) is 12.3. The highest BCUT2D eigenvalue weighted by atomic mass is 35.5. The Labute approximate surface area is 133 Å². The average molecular weight is 340 g/mol. The van der Waals surface area contributed by atoms with E-state index in [1.54, 1.807) is 24.3 Å². The van der Waals surface area contributed by atoms with Crippen LogP contribution in [0.25, 0.3) is 0 Å². The quantitative estimate of drug-likeness (QED) is 0.929. The lowest BCUT2D eigenvalue weighted by molar-refractivity contribution is 0.102. The topological polar surface area (TPSA) is 72.5 Å². The highest BCUT2D eigenvalue weighted by molar-refractivity contribution is 7.90. The predicted molar refractivity (Wildman–Crippen MR) is 85.5 cm³/mol. The first-order valence-corrected chi connectivity index (χ1v) is 8.53. The average Bonchev–Trinajstić information content (AvgIpc) is 2.48. The Balaban J connectivity index is 2.31. The molecular weight excluding hydrogens is 326 g/mol. The second-order valence-corrected chi connectivity index (χ2v) is 7.02. The molecule has 2 aromatic carbocycles. The van der Waals surface area contributed by atoms with Gasteiger partial charge in [-0.15, -0.1) is 0 Å². The normalized spacial score (nSPS) is 11.0. The van der Waals surface area contributed by atoms with E-state index in [9.17, 15) is 13.2 Å². The van der Waals surface area contributed by atoms with E-state index in [4.69, 9.17) is 16.3 Å². The van der Waals surface area contributed by atoms with E-state index in [1.165, 1.54) is 25.3 Å². The Hall–Kier alpha value is -2.05. The lowest BCUT2D eigenvalue weighted by Gasteiger charge is -2.09. The molecule has 0 saturated carbocycles. The number of anilines is 1. The molecule has 2 rings (SSSR count). The summed E-state index contributed by atoms with van der Waals surface area (Å²) in [6, 6.07) is 10.7. The van der Waals surface area contributed by atoms with Crippen LogP contribution in [0.2, 0.25) is 5.02 Å². The van der Waals surface area contributed by atoms with Crippen LogP contribution in [0.4, 0.5) is 5.69 Å². The van der Waals surface area contributed by atoms with Crippen LogP contribution in [0.5, 0.6) is 5.75 Å². The van der Waals surface area contributed by atoms with Crippen molar-refractivity contribution in [2.75, 3.05) is 18.7 Å². The number of nitrogens with one attached hydrogen (secondary N) is 1. The van der Waals surface area contributed by atoms with E-state index < -0.39 is 15.7 Å². The van der Waals surface area contributed by atoms with Crippen molar-refractivity contribution in [1.82, 2.24) is 0 Å². The molecule has 116 valence electrons. The van der Waals surface area contributed by atoms with E-state index in [0.717, 1.165) is 6.26 Å². The van der Waals surface area contributed by atoms with Gasteiger partial charge in [0.15, 0.2) is 9.84 Å². The molecule has 0 fully saturated rings. The third-order valence-electron chi connectivity index (χ3n) is 2.95. The van der Waals surface area contributed by atoms with E-state index in [0.29, 0.717) is 11.3 Å². The number of methoxy groups -OCH3 is 1. The van der Waals surface area contributed by atoms with Crippen LogP contribution < -0.4 is 10.1 Å². The number of rotatable bonds is 4. The molecule has 0 aliphatic rings. The standard InChI is InChI=1S/C15H14ClNO4S/c1-21-11-5-3-4-10(8-11)15(18)17-14-9-12(22(2,19)20)6-7-13(14)16/h3-9H,1-2H3,(H,17,18). The third kappa shape index (κ3) is 3.78. The number of hydrogen-bond donors (Lipinski definition) is 1. The van der Waals surface area contributed by atoms with Crippen molar-refractivity contribution in [3.8, 4) is 5.75 Å². The maximum Gasteiger partial charge on any atom is 0.255 e. The zero-order chi connectivity index (χ0) is 16.3. The number of ether oxygens (including phenoxy) is 1. The van der Waals surface area contributed by atoms with Gasteiger partial charge in [0, 0.05) is 11.8 Å². The molecule has 2 aromatic rings. The van der Waals surface area contributed by atoms with Crippen molar-refractivity contribution in [3.63, 3.8) is 0 Å². The summed E-state index contributed by atoms with van der Waals surface area (Å²) in [5, 5.41) is 2.85. The fraction of sp³-hybridized carbons (Fsp3) is 0.133. The molecule has 0 radical (unpaired) electrons. The molecule has 0 atom stereocenters. The molecule has 0 spiro atoms. The number of sulfone groups is 1. The van der Waals surface area contributed by atoms with Crippen molar-refractivity contribution >= 4 is 33.0 Å². The molecule has 22 heavy (non-hydrogen) atoms. The number of hydrogen-bond acceptors (Lipinski definition) is 4. The van der Waals surface area contributed by atoms with Crippen molar-refractivity contribution in [2.24, 2.45) is 0 Å². The van der Waals surface area contributed by atoms with Crippen LogP contribution in [-0.2, 0) is 9.84 Å². The molecule has 1 amide bonds. The van der Waals surface area contributed by atoms with Gasteiger partial charge in [-0.2, -0.15) is 0 Å². The summed E-state index contributed by atoms with van der Waals surface area (Å²) >= 11 is 6.00. The maximum atomic E-state index is 12.2. The van der Waals surface area contributed by atoms with Gasteiger partial charge in [0.2, 0.25) is 0 Å². The Morgan fingerprint density at radius 1 is 1.18 bits per heavy atom. The second kappa shape index (κ2) is 6.37. The van der Waals surface area contributed by atoms with Gasteiger partial charge in [-0.3, -0.25) is 4.79 Å². The van der Waals surface area contributed by atoms with E-state index >= 15 is 0 Å². The van der Waals surface area contributed by atoms with Crippen LogP contribution in [0.15, 0.2) is 47.4 Å². The van der Waals surface area contributed by atoms with E-state index in [2.05, 4.69) is 5.32 Å². The zero-order valence-electron chi connectivity index (χ0n) is 12.0. The Morgan fingerprint density at radius 3 is 2.55 bits per heavy atom. The van der Waals surface area contributed by atoms with Gasteiger partial charge in [-0.05, 0) is 36.4 Å². The molecule has 0 aliphatic carbocycles. The molecule has 1 N–H and O–H groups in total. The van der Waals surface area contributed by atoms with Gasteiger partial charge >= 0.3 is 0 Å². The first kappa shape index (κ1) is 16.3. The fourth-order valence-electron chi connectivity index (χ4n) is 1.79. The van der Waals surface area contributed by atoms with E-state index in [-0.39, 0.29) is 15.6 Å². The smallest absolute Gasteiger partial charge is 0.255 e. The molecule has 0 bridgehead atoms. The molecule has 0 aliphatic heterocycles. The summed E-state index contributed by atoms with van der Waals surface area (Å²) in [6.45, 7) is 0. The summed E-state index contributed by atoms with van der Waals surface area (Å²) < 4.78 is 28.2. The highest BCUT2D eigenvalue weighted by Crippen LogP contribution is 2.26. The van der Waals surface area contributed by atoms with Gasteiger partial charge < -0.3 is 10.1 Å². The first-order valence-electron chi connectivity index (χ1n) is 6.26. The minimum atomic E-state index is -3.38. The summed E-state index contributed by atoms with van der Waals surface area (Å²) in [7, 11) is -1.88. The summed E-state index contributed by atoms with van der Waals surface area (Å²) in [5.41, 5.74) is 0.609. The minimum Gasteiger partial charge on any atom is -0.497 e. The molecule has 5 nitrogen and oxygen atoms in total. The fourth-order valence-corrected chi connectivity index (χ4v) is 2.60. The molecule has 0 unspecified atom stereocenters. The van der Waals surface area contributed by atoms with Gasteiger partial charge in [0.1, 0.15) is 5.75 Å². The molecule has 0 aromatic heterocycles. The van der Waals surface area contributed by atoms with Gasteiger partial charge in [-0.25, -0.2) is 8.42 Å². The van der Waals surface area contributed by atoms with Crippen molar-refractivity contribution in [2.45, 2.75) is 4.90 Å². The number of halogens is 1. The Bertz CT molecular complexity index is 818. The van der Waals surface area contributed by atoms with Crippen LogP contribution in [-0.4, -0.2) is 27.7 Å². The Morgan fingerprint density at radius 2 is 1.91 bits per heavy atom. The molecule has 7 heteroatoms.